The van der Waals surface area contributed by atoms with Crippen LogP contribution in [0.2, 0.25) is 5.02 Å². The summed E-state index contributed by atoms with van der Waals surface area (Å²) in [5.41, 5.74) is 2.64. The second kappa shape index (κ2) is 8.31. The van der Waals surface area contributed by atoms with Crippen LogP contribution in [0.25, 0.3) is 5.57 Å². The van der Waals surface area contributed by atoms with E-state index < -0.39 is 5.91 Å². The molecule has 0 atom stereocenters. The molecule has 0 spiro atoms. The number of anilines is 1. The number of carbonyl (C=O) groups is 2. The fourth-order valence-electron chi connectivity index (χ4n) is 3.02. The highest BCUT2D eigenvalue weighted by Gasteiger charge is 2.38. The highest BCUT2D eigenvalue weighted by molar-refractivity contribution is 6.36. The van der Waals surface area contributed by atoms with Crippen LogP contribution in [0.1, 0.15) is 18.1 Å². The number of nitrogens with zero attached hydrogens (tertiary/aromatic N) is 1. The molecular weight excluding hydrogens is 376 g/mol. The summed E-state index contributed by atoms with van der Waals surface area (Å²) in [7, 11) is 0. The normalized spacial score (nSPS) is 13.9. The van der Waals surface area contributed by atoms with Crippen molar-refractivity contribution >= 4 is 34.7 Å². The fraction of sp³-hybridized carbons (Fsp3) is 0.182. The molecule has 1 aliphatic heterocycles. The van der Waals surface area contributed by atoms with Gasteiger partial charge in [0.25, 0.3) is 11.8 Å². The molecule has 0 aromatic heterocycles. The van der Waals surface area contributed by atoms with Gasteiger partial charge < -0.3 is 10.1 Å². The van der Waals surface area contributed by atoms with E-state index in [1.807, 2.05) is 19.9 Å². The van der Waals surface area contributed by atoms with Gasteiger partial charge >= 0.3 is 0 Å². The molecule has 6 heteroatoms. The first-order chi connectivity index (χ1) is 13.5. The number of benzene rings is 2. The molecule has 3 rings (SSSR count). The highest BCUT2D eigenvalue weighted by Crippen LogP contribution is 2.33. The molecule has 28 heavy (non-hydrogen) atoms. The molecule has 1 aliphatic rings. The van der Waals surface area contributed by atoms with Crippen LogP contribution in [0, 0.1) is 6.92 Å². The number of rotatable bonds is 7. The number of carbonyl (C=O) groups excluding carboxylic acids is 2. The average Bonchev–Trinajstić information content (AvgIpc) is 2.91. The van der Waals surface area contributed by atoms with Crippen molar-refractivity contribution in [2.45, 2.75) is 13.8 Å². The lowest BCUT2D eigenvalue weighted by Gasteiger charge is -2.13. The zero-order chi connectivity index (χ0) is 20.3. The quantitative estimate of drug-likeness (QED) is 0.555. The second-order valence-corrected chi connectivity index (χ2v) is 6.66. The molecule has 1 N–H and O–H groups in total. The second-order valence-electron chi connectivity index (χ2n) is 6.25. The predicted octanol–water partition coefficient (Wildman–Crippen LogP) is 4.43. The third kappa shape index (κ3) is 3.66. The molecule has 0 aliphatic carbocycles. The summed E-state index contributed by atoms with van der Waals surface area (Å²) in [5, 5.41) is 3.70. The Morgan fingerprint density at radius 1 is 1.14 bits per heavy atom. The molecule has 2 amide bonds. The average molecular weight is 397 g/mol. The monoisotopic (exact) mass is 396 g/mol. The zero-order valence-electron chi connectivity index (χ0n) is 15.8. The highest BCUT2D eigenvalue weighted by atomic mass is 35.5. The van der Waals surface area contributed by atoms with Gasteiger partial charge in [0.1, 0.15) is 11.4 Å². The molecule has 0 unspecified atom stereocenters. The van der Waals surface area contributed by atoms with Gasteiger partial charge in [-0.2, -0.15) is 0 Å². The van der Waals surface area contributed by atoms with Crippen molar-refractivity contribution in [3.05, 3.63) is 77.0 Å². The molecule has 5 nitrogen and oxygen atoms in total. The Morgan fingerprint density at radius 2 is 1.86 bits per heavy atom. The molecule has 0 fully saturated rings. The summed E-state index contributed by atoms with van der Waals surface area (Å²) in [5.74, 6) is -0.0591. The maximum absolute atomic E-state index is 13.0. The summed E-state index contributed by atoms with van der Waals surface area (Å²) < 4.78 is 5.46. The van der Waals surface area contributed by atoms with Gasteiger partial charge in [-0.25, -0.2) is 0 Å². The van der Waals surface area contributed by atoms with Crippen LogP contribution < -0.4 is 10.1 Å². The number of hydrogen-bond donors (Lipinski definition) is 1. The first kappa shape index (κ1) is 19.7. The van der Waals surface area contributed by atoms with Gasteiger partial charge in [0.05, 0.1) is 12.2 Å². The van der Waals surface area contributed by atoms with E-state index in [-0.39, 0.29) is 18.1 Å². The summed E-state index contributed by atoms with van der Waals surface area (Å²) in [6.45, 7) is 8.08. The lowest BCUT2D eigenvalue weighted by molar-refractivity contribution is -0.136. The first-order valence-electron chi connectivity index (χ1n) is 8.94. The molecule has 0 saturated heterocycles. The van der Waals surface area contributed by atoms with E-state index >= 15 is 0 Å². The van der Waals surface area contributed by atoms with Crippen LogP contribution in [-0.4, -0.2) is 29.9 Å². The van der Waals surface area contributed by atoms with Crippen LogP contribution in [0.5, 0.6) is 5.75 Å². The van der Waals surface area contributed by atoms with Crippen LogP contribution in [0.4, 0.5) is 5.69 Å². The predicted molar refractivity (Wildman–Crippen MR) is 111 cm³/mol. The molecule has 2 aromatic rings. The van der Waals surface area contributed by atoms with Crippen LogP contribution in [0.15, 0.2) is 60.8 Å². The Labute approximate surface area is 169 Å². The van der Waals surface area contributed by atoms with Crippen LogP contribution in [0.3, 0.4) is 0 Å². The maximum atomic E-state index is 13.0. The van der Waals surface area contributed by atoms with Crippen molar-refractivity contribution in [2.75, 3.05) is 18.5 Å². The molecule has 0 saturated carbocycles. The van der Waals surface area contributed by atoms with E-state index in [1.54, 1.807) is 36.4 Å². The molecule has 0 bridgehead atoms. The fourth-order valence-corrected chi connectivity index (χ4v) is 3.19. The van der Waals surface area contributed by atoms with Gasteiger partial charge in [-0.3, -0.25) is 14.5 Å². The van der Waals surface area contributed by atoms with Crippen molar-refractivity contribution in [1.82, 2.24) is 4.90 Å². The van der Waals surface area contributed by atoms with Crippen molar-refractivity contribution in [1.29, 1.82) is 0 Å². The SMILES string of the molecule is C=CCN1C(=O)C(Nc2cccc(Cl)c2C)=C(c2ccc(OCC)cc2)C1=O. The maximum Gasteiger partial charge on any atom is 0.278 e. The van der Waals surface area contributed by atoms with E-state index in [9.17, 15) is 9.59 Å². The smallest absolute Gasteiger partial charge is 0.278 e. The third-order valence-corrected chi connectivity index (χ3v) is 4.87. The van der Waals surface area contributed by atoms with Gasteiger partial charge in [-0.1, -0.05) is 35.9 Å². The van der Waals surface area contributed by atoms with E-state index in [0.717, 1.165) is 5.56 Å². The summed E-state index contributed by atoms with van der Waals surface area (Å²) in [6.07, 6.45) is 1.53. The molecule has 144 valence electrons. The summed E-state index contributed by atoms with van der Waals surface area (Å²) in [6, 6.07) is 12.5. The van der Waals surface area contributed by atoms with E-state index in [1.165, 1.54) is 11.0 Å². The Bertz CT molecular complexity index is 964. The zero-order valence-corrected chi connectivity index (χ0v) is 16.5. The Balaban J connectivity index is 2.07. The van der Waals surface area contributed by atoms with Crippen molar-refractivity contribution in [3.8, 4) is 5.75 Å². The topological polar surface area (TPSA) is 58.6 Å². The molecule has 0 radical (unpaired) electrons. The van der Waals surface area contributed by atoms with Gasteiger partial charge in [0.2, 0.25) is 0 Å². The molecular formula is C22H21ClN2O3. The van der Waals surface area contributed by atoms with Crippen molar-refractivity contribution in [2.24, 2.45) is 0 Å². The standard InChI is InChI=1S/C22H21ClN2O3/c1-4-13-25-21(26)19(15-9-11-16(12-10-15)28-5-2)20(22(25)27)24-18-8-6-7-17(23)14(18)3/h4,6-12,24H,1,5,13H2,2-3H3. The number of halogens is 1. The lowest BCUT2D eigenvalue weighted by atomic mass is 10.0. The number of imide groups is 1. The minimum Gasteiger partial charge on any atom is -0.494 e. The van der Waals surface area contributed by atoms with Crippen molar-refractivity contribution < 1.29 is 14.3 Å². The van der Waals surface area contributed by atoms with Crippen LogP contribution in [-0.2, 0) is 9.59 Å². The minimum atomic E-state index is -0.395. The number of amides is 2. The number of ether oxygens (including phenoxy) is 1. The Morgan fingerprint density at radius 3 is 2.50 bits per heavy atom. The Hall–Kier alpha value is -3.05. The third-order valence-electron chi connectivity index (χ3n) is 4.46. The molecule has 1 heterocycles. The lowest BCUT2D eigenvalue weighted by Crippen LogP contribution is -2.32. The van der Waals surface area contributed by atoms with E-state index in [2.05, 4.69) is 11.9 Å². The van der Waals surface area contributed by atoms with Crippen LogP contribution >= 0.6 is 11.6 Å². The molecule has 2 aromatic carbocycles. The largest absolute Gasteiger partial charge is 0.494 e. The van der Waals surface area contributed by atoms with Gasteiger partial charge in [0.15, 0.2) is 0 Å². The van der Waals surface area contributed by atoms with Gasteiger partial charge in [0, 0.05) is 17.3 Å². The van der Waals surface area contributed by atoms with E-state index in [4.69, 9.17) is 16.3 Å². The number of hydrogen-bond acceptors (Lipinski definition) is 4. The van der Waals surface area contributed by atoms with Gasteiger partial charge in [-0.15, -0.1) is 6.58 Å². The Kier molecular flexibility index (Phi) is 5.85. The minimum absolute atomic E-state index is 0.137. The number of nitrogens with one attached hydrogen (secondary N) is 1. The summed E-state index contributed by atoms with van der Waals surface area (Å²) >= 11 is 6.20. The van der Waals surface area contributed by atoms with E-state index in [0.29, 0.717) is 34.2 Å². The first-order valence-corrected chi connectivity index (χ1v) is 9.32. The van der Waals surface area contributed by atoms with Gasteiger partial charge in [-0.05, 0) is 49.2 Å². The van der Waals surface area contributed by atoms with Crippen molar-refractivity contribution in [3.63, 3.8) is 0 Å². The summed E-state index contributed by atoms with van der Waals surface area (Å²) in [4.78, 5) is 27.1.